The fraction of sp³-hybridized carbons (Fsp3) is 0.263. The molecule has 4 heteroatoms. The van der Waals surface area contributed by atoms with E-state index in [4.69, 9.17) is 0 Å². The fourth-order valence-corrected chi connectivity index (χ4v) is 4.05. The highest BCUT2D eigenvalue weighted by Gasteiger charge is 2.46. The first-order valence-electron chi connectivity index (χ1n) is 7.80. The number of nitrogens with zero attached hydrogens (tertiary/aromatic N) is 1. The van der Waals surface area contributed by atoms with Crippen molar-refractivity contribution in [3.8, 4) is 0 Å². The molecular weight excluding hydrogens is 293 g/mol. The van der Waals surface area contributed by atoms with Gasteiger partial charge in [-0.05, 0) is 29.7 Å². The van der Waals surface area contributed by atoms with Gasteiger partial charge >= 0.3 is 0 Å². The van der Waals surface area contributed by atoms with Crippen molar-refractivity contribution in [3.05, 3.63) is 65.0 Å². The summed E-state index contributed by atoms with van der Waals surface area (Å²) in [4.78, 5) is 26.2. The van der Waals surface area contributed by atoms with Crippen LogP contribution in [-0.4, -0.2) is 11.7 Å². The number of rotatable bonds is 1. The van der Waals surface area contributed by atoms with Crippen molar-refractivity contribution in [1.29, 1.82) is 0 Å². The first-order valence-corrected chi connectivity index (χ1v) is 7.80. The molecule has 0 fully saturated rings. The van der Waals surface area contributed by atoms with E-state index in [9.17, 15) is 14.0 Å². The Balaban J connectivity index is 1.97. The van der Waals surface area contributed by atoms with E-state index in [1.807, 2.05) is 30.3 Å². The van der Waals surface area contributed by atoms with E-state index in [0.717, 1.165) is 5.56 Å². The summed E-state index contributed by atoms with van der Waals surface area (Å²) in [5.74, 6) is -0.752. The lowest BCUT2D eigenvalue weighted by molar-refractivity contribution is -0.117. The van der Waals surface area contributed by atoms with Gasteiger partial charge in [0.2, 0.25) is 5.91 Å². The van der Waals surface area contributed by atoms with Gasteiger partial charge in [-0.2, -0.15) is 0 Å². The SMILES string of the molecule is CC(=O)N1c2ccc(F)c3c2C(CCC3=O)C1c1ccccc1. The van der Waals surface area contributed by atoms with Gasteiger partial charge in [-0.25, -0.2) is 4.39 Å². The molecule has 2 aromatic carbocycles. The molecule has 0 saturated heterocycles. The van der Waals surface area contributed by atoms with Crippen LogP contribution in [0, 0.1) is 5.82 Å². The van der Waals surface area contributed by atoms with Crippen LogP contribution in [0.5, 0.6) is 0 Å². The van der Waals surface area contributed by atoms with Crippen molar-refractivity contribution < 1.29 is 14.0 Å². The molecule has 0 N–H and O–H groups in total. The Hall–Kier alpha value is -2.49. The molecule has 1 aliphatic heterocycles. The number of anilines is 1. The lowest BCUT2D eigenvalue weighted by Gasteiger charge is -2.29. The molecule has 3 nitrogen and oxygen atoms in total. The molecule has 2 atom stereocenters. The minimum absolute atomic E-state index is 0.0281. The summed E-state index contributed by atoms with van der Waals surface area (Å²) in [6.07, 6.45) is 0.971. The largest absolute Gasteiger partial charge is 0.304 e. The second-order valence-corrected chi connectivity index (χ2v) is 6.17. The lowest BCUT2D eigenvalue weighted by atomic mass is 9.78. The maximum absolute atomic E-state index is 14.2. The Labute approximate surface area is 133 Å². The third-order valence-corrected chi connectivity index (χ3v) is 4.90. The number of hydrogen-bond acceptors (Lipinski definition) is 2. The monoisotopic (exact) mass is 309 g/mol. The maximum Gasteiger partial charge on any atom is 0.224 e. The molecule has 23 heavy (non-hydrogen) atoms. The normalized spacial score (nSPS) is 22.2. The minimum Gasteiger partial charge on any atom is -0.304 e. The Morgan fingerprint density at radius 1 is 1.17 bits per heavy atom. The van der Waals surface area contributed by atoms with E-state index in [2.05, 4.69) is 0 Å². The zero-order valence-corrected chi connectivity index (χ0v) is 12.8. The molecule has 1 heterocycles. The van der Waals surface area contributed by atoms with Gasteiger partial charge in [0, 0.05) is 24.9 Å². The third kappa shape index (κ3) is 1.94. The number of ketones is 1. The zero-order chi connectivity index (χ0) is 16.1. The molecule has 1 amide bonds. The van der Waals surface area contributed by atoms with Crippen molar-refractivity contribution in [2.45, 2.75) is 31.7 Å². The standard InChI is InChI=1S/C19H16FNO2/c1-11(22)21-15-9-8-14(20)18-16(23)10-7-13(17(15)18)19(21)12-5-3-2-4-6-12/h2-6,8-9,13,19H,7,10H2,1H3. The molecule has 0 bridgehead atoms. The lowest BCUT2D eigenvalue weighted by Crippen LogP contribution is -2.31. The highest BCUT2D eigenvalue weighted by Crippen LogP contribution is 2.54. The Kier molecular flexibility index (Phi) is 3.08. The van der Waals surface area contributed by atoms with E-state index in [1.54, 1.807) is 11.0 Å². The summed E-state index contributed by atoms with van der Waals surface area (Å²) < 4.78 is 14.2. The number of benzene rings is 2. The summed E-state index contributed by atoms with van der Waals surface area (Å²) in [6, 6.07) is 12.5. The average Bonchev–Trinajstić information content (AvgIpc) is 2.88. The van der Waals surface area contributed by atoms with E-state index in [1.165, 1.54) is 13.0 Å². The van der Waals surface area contributed by atoms with Crippen LogP contribution < -0.4 is 4.90 Å². The van der Waals surface area contributed by atoms with Crippen LogP contribution in [0.2, 0.25) is 0 Å². The van der Waals surface area contributed by atoms with Crippen LogP contribution in [0.3, 0.4) is 0 Å². The summed E-state index contributed by atoms with van der Waals surface area (Å²) in [6.45, 7) is 1.52. The molecule has 0 radical (unpaired) electrons. The predicted molar refractivity (Wildman–Crippen MR) is 85.0 cm³/mol. The van der Waals surface area contributed by atoms with E-state index in [-0.39, 0.29) is 29.2 Å². The number of halogens is 1. The number of carbonyl (C=O) groups excluding carboxylic acids is 2. The smallest absolute Gasteiger partial charge is 0.224 e. The molecule has 0 aromatic heterocycles. The van der Waals surface area contributed by atoms with Gasteiger partial charge in [0.1, 0.15) is 5.82 Å². The summed E-state index contributed by atoms with van der Waals surface area (Å²) in [5.41, 5.74) is 2.60. The molecule has 0 spiro atoms. The molecule has 2 unspecified atom stereocenters. The second-order valence-electron chi connectivity index (χ2n) is 6.17. The molecule has 2 aromatic rings. The minimum atomic E-state index is -0.476. The van der Waals surface area contributed by atoms with Crippen molar-refractivity contribution in [3.63, 3.8) is 0 Å². The van der Waals surface area contributed by atoms with Gasteiger partial charge < -0.3 is 4.90 Å². The van der Waals surface area contributed by atoms with Crippen molar-refractivity contribution in [1.82, 2.24) is 0 Å². The maximum atomic E-state index is 14.2. The van der Waals surface area contributed by atoms with Gasteiger partial charge in [0.05, 0.1) is 11.6 Å². The number of Topliss-reactive ketones (excluding diaryl/α,β-unsaturated/α-hetero) is 1. The van der Waals surface area contributed by atoms with Crippen LogP contribution in [0.15, 0.2) is 42.5 Å². The highest BCUT2D eigenvalue weighted by molar-refractivity contribution is 6.04. The van der Waals surface area contributed by atoms with Crippen LogP contribution >= 0.6 is 0 Å². The zero-order valence-electron chi connectivity index (χ0n) is 12.8. The number of amides is 1. The van der Waals surface area contributed by atoms with Gasteiger partial charge in [-0.15, -0.1) is 0 Å². The van der Waals surface area contributed by atoms with Crippen LogP contribution in [0.4, 0.5) is 10.1 Å². The fourth-order valence-electron chi connectivity index (χ4n) is 4.05. The molecule has 2 aliphatic rings. The van der Waals surface area contributed by atoms with E-state index in [0.29, 0.717) is 24.1 Å². The summed E-state index contributed by atoms with van der Waals surface area (Å²) >= 11 is 0. The number of hydrogen-bond donors (Lipinski definition) is 0. The Morgan fingerprint density at radius 2 is 1.91 bits per heavy atom. The quantitative estimate of drug-likeness (QED) is 0.798. The van der Waals surface area contributed by atoms with Gasteiger partial charge in [0.15, 0.2) is 5.78 Å². The average molecular weight is 309 g/mol. The van der Waals surface area contributed by atoms with Crippen LogP contribution in [0.1, 0.15) is 53.2 Å². The van der Waals surface area contributed by atoms with Crippen molar-refractivity contribution in [2.75, 3.05) is 4.90 Å². The third-order valence-electron chi connectivity index (χ3n) is 4.90. The molecular formula is C19H16FNO2. The van der Waals surface area contributed by atoms with Crippen molar-refractivity contribution in [2.24, 2.45) is 0 Å². The van der Waals surface area contributed by atoms with Gasteiger partial charge in [-0.1, -0.05) is 30.3 Å². The highest BCUT2D eigenvalue weighted by atomic mass is 19.1. The Morgan fingerprint density at radius 3 is 2.61 bits per heavy atom. The first-order chi connectivity index (χ1) is 11.1. The molecule has 1 aliphatic carbocycles. The van der Waals surface area contributed by atoms with Crippen molar-refractivity contribution >= 4 is 17.4 Å². The Bertz CT molecular complexity index is 816. The summed E-state index contributed by atoms with van der Waals surface area (Å²) in [5, 5.41) is 0. The molecule has 116 valence electrons. The summed E-state index contributed by atoms with van der Waals surface area (Å²) in [7, 11) is 0. The number of carbonyl (C=O) groups is 2. The molecule has 4 rings (SSSR count). The predicted octanol–water partition coefficient (Wildman–Crippen LogP) is 3.99. The van der Waals surface area contributed by atoms with E-state index < -0.39 is 5.82 Å². The first kappa shape index (κ1) is 14.1. The van der Waals surface area contributed by atoms with Crippen LogP contribution in [-0.2, 0) is 4.79 Å². The molecule has 0 saturated carbocycles. The van der Waals surface area contributed by atoms with Crippen LogP contribution in [0.25, 0.3) is 0 Å². The van der Waals surface area contributed by atoms with E-state index >= 15 is 0 Å². The van der Waals surface area contributed by atoms with Gasteiger partial charge in [0.25, 0.3) is 0 Å². The van der Waals surface area contributed by atoms with Gasteiger partial charge in [-0.3, -0.25) is 9.59 Å². The topological polar surface area (TPSA) is 37.4 Å². The second kappa shape index (κ2) is 5.01.